The first-order valence-corrected chi connectivity index (χ1v) is 15.7. The summed E-state index contributed by atoms with van der Waals surface area (Å²) in [7, 11) is 0. The van der Waals surface area contributed by atoms with Crippen molar-refractivity contribution in [2.75, 3.05) is 6.61 Å². The standard InChI is InChI=1S/C36H51NO/c1-31(2)16-18-36(22-38)19-17-34(6)25(26(36)21-31)12-13-29-33(5)20-24-23-10-8-9-11-27(23)37-30(24)32(3,4)28(33)14-15-35(29,34)7/h8-12,26,28-29,37-38H,13-22H2,1-7H3/t26-,28-,29+,33-,34+,35+,36+/m0/s1. The number of H-pyrrole nitrogens is 1. The van der Waals surface area contributed by atoms with E-state index in [0.717, 1.165) is 0 Å². The van der Waals surface area contributed by atoms with Gasteiger partial charge in [-0.2, -0.15) is 0 Å². The molecule has 7 atom stereocenters. The third-order valence-electron chi connectivity index (χ3n) is 14.3. The highest BCUT2D eigenvalue weighted by Gasteiger charge is 2.68. The number of allylic oxidation sites excluding steroid dienone is 2. The van der Waals surface area contributed by atoms with Gasteiger partial charge in [-0.3, -0.25) is 0 Å². The van der Waals surface area contributed by atoms with Crippen LogP contribution >= 0.6 is 0 Å². The van der Waals surface area contributed by atoms with Crippen LogP contribution in [0, 0.1) is 44.8 Å². The number of nitrogens with one attached hydrogen (secondary N) is 1. The quantitative estimate of drug-likeness (QED) is 0.367. The molecule has 38 heavy (non-hydrogen) atoms. The van der Waals surface area contributed by atoms with Crippen LogP contribution in [0.5, 0.6) is 0 Å². The predicted molar refractivity (Wildman–Crippen MR) is 158 cm³/mol. The maximum Gasteiger partial charge on any atom is 0.0493 e. The first-order chi connectivity index (χ1) is 17.8. The molecule has 0 bridgehead atoms. The van der Waals surface area contributed by atoms with Crippen molar-refractivity contribution in [2.24, 2.45) is 44.8 Å². The molecule has 2 N–H and O–H groups in total. The summed E-state index contributed by atoms with van der Waals surface area (Å²) in [6, 6.07) is 9.03. The molecule has 0 amide bonds. The van der Waals surface area contributed by atoms with Crippen LogP contribution in [0.1, 0.15) is 111 Å². The van der Waals surface area contributed by atoms with Crippen molar-refractivity contribution >= 4 is 10.9 Å². The molecule has 2 aromatic rings. The summed E-state index contributed by atoms with van der Waals surface area (Å²) in [5.41, 5.74) is 7.69. The number of hydrogen-bond acceptors (Lipinski definition) is 1. The monoisotopic (exact) mass is 513 g/mol. The fourth-order valence-electron chi connectivity index (χ4n) is 11.9. The smallest absolute Gasteiger partial charge is 0.0493 e. The Morgan fingerprint density at radius 2 is 1.63 bits per heavy atom. The Morgan fingerprint density at radius 1 is 0.895 bits per heavy atom. The molecular weight excluding hydrogens is 462 g/mol. The van der Waals surface area contributed by atoms with Gasteiger partial charge in [0, 0.05) is 34.0 Å². The Balaban J connectivity index is 1.35. The zero-order valence-electron chi connectivity index (χ0n) is 25.1. The van der Waals surface area contributed by atoms with E-state index in [2.05, 4.69) is 83.8 Å². The Labute approximate surface area is 231 Å². The zero-order valence-corrected chi connectivity index (χ0v) is 25.1. The fraction of sp³-hybridized carbons (Fsp3) is 0.722. The van der Waals surface area contributed by atoms with Crippen molar-refractivity contribution in [3.63, 3.8) is 0 Å². The fourth-order valence-corrected chi connectivity index (χ4v) is 11.9. The molecule has 0 unspecified atom stereocenters. The van der Waals surface area contributed by atoms with Gasteiger partial charge in [0.1, 0.15) is 0 Å². The minimum atomic E-state index is 0.122. The Kier molecular flexibility index (Phi) is 5.08. The lowest BCUT2D eigenvalue weighted by Crippen LogP contribution is -2.64. The number of benzene rings is 1. The van der Waals surface area contributed by atoms with Crippen LogP contribution in [-0.4, -0.2) is 16.7 Å². The molecule has 1 aromatic carbocycles. The van der Waals surface area contributed by atoms with E-state index >= 15 is 0 Å². The summed E-state index contributed by atoms with van der Waals surface area (Å²) in [4.78, 5) is 3.90. The summed E-state index contributed by atoms with van der Waals surface area (Å²) < 4.78 is 0. The average Bonchev–Trinajstić information content (AvgIpc) is 3.23. The zero-order chi connectivity index (χ0) is 26.9. The third kappa shape index (κ3) is 2.94. The largest absolute Gasteiger partial charge is 0.396 e. The van der Waals surface area contributed by atoms with Crippen LogP contribution in [0.4, 0.5) is 0 Å². The summed E-state index contributed by atoms with van der Waals surface area (Å²) in [6.45, 7) is 18.5. The van der Waals surface area contributed by atoms with Crippen LogP contribution in [-0.2, 0) is 11.8 Å². The number of para-hydroxylation sites is 1. The van der Waals surface area contributed by atoms with Gasteiger partial charge in [0.25, 0.3) is 0 Å². The molecular formula is C36H51NO. The van der Waals surface area contributed by atoms with Gasteiger partial charge in [-0.1, -0.05) is 78.3 Å². The van der Waals surface area contributed by atoms with Gasteiger partial charge in [-0.05, 0) is 109 Å². The molecule has 3 saturated carbocycles. The van der Waals surface area contributed by atoms with E-state index in [1.54, 1.807) is 11.1 Å². The number of hydrogen-bond donors (Lipinski definition) is 2. The van der Waals surface area contributed by atoms with Crippen molar-refractivity contribution in [1.82, 2.24) is 4.98 Å². The summed E-state index contributed by atoms with van der Waals surface area (Å²) >= 11 is 0. The van der Waals surface area contributed by atoms with Crippen LogP contribution in [0.25, 0.3) is 10.9 Å². The normalized spacial score (nSPS) is 44.7. The molecule has 2 heteroatoms. The van der Waals surface area contributed by atoms with E-state index < -0.39 is 0 Å². The van der Waals surface area contributed by atoms with Crippen LogP contribution in [0.15, 0.2) is 35.9 Å². The third-order valence-corrected chi connectivity index (χ3v) is 14.3. The Bertz CT molecular complexity index is 1330. The van der Waals surface area contributed by atoms with Crippen LogP contribution in [0.3, 0.4) is 0 Å². The highest BCUT2D eigenvalue weighted by Crippen LogP contribution is 2.75. The lowest BCUT2D eigenvalue weighted by molar-refractivity contribution is -0.164. The van der Waals surface area contributed by atoms with Crippen LogP contribution < -0.4 is 0 Å². The molecule has 5 aliphatic rings. The minimum absolute atomic E-state index is 0.122. The van der Waals surface area contributed by atoms with E-state index in [1.165, 1.54) is 74.4 Å². The first kappa shape index (κ1) is 25.4. The number of aliphatic hydroxyl groups is 1. The molecule has 7 rings (SSSR count). The second-order valence-corrected chi connectivity index (χ2v) is 16.7. The SMILES string of the molecule is CC1(C)CC[C@]2(CO)CC[C@]3(C)C(=CC[C@@H]4[C@@]5(C)Cc6c([nH]c7ccccc67)C(C)(C)[C@@H]5CC[C@]43C)[C@@H]2C1. The topological polar surface area (TPSA) is 36.0 Å². The molecule has 1 heterocycles. The Morgan fingerprint density at radius 3 is 2.39 bits per heavy atom. The summed E-state index contributed by atoms with van der Waals surface area (Å²) in [6.07, 6.45) is 14.0. The van der Waals surface area contributed by atoms with E-state index in [9.17, 15) is 5.11 Å². The molecule has 5 aliphatic carbocycles. The van der Waals surface area contributed by atoms with Crippen molar-refractivity contribution in [2.45, 2.75) is 112 Å². The number of fused-ring (bicyclic) bond motifs is 10. The van der Waals surface area contributed by atoms with Gasteiger partial charge in [0.15, 0.2) is 0 Å². The van der Waals surface area contributed by atoms with Crippen molar-refractivity contribution in [3.8, 4) is 0 Å². The minimum Gasteiger partial charge on any atom is -0.396 e. The molecule has 3 fully saturated rings. The highest BCUT2D eigenvalue weighted by atomic mass is 16.3. The second kappa shape index (κ2) is 7.59. The molecule has 0 spiro atoms. The van der Waals surface area contributed by atoms with Gasteiger partial charge in [-0.15, -0.1) is 0 Å². The van der Waals surface area contributed by atoms with Gasteiger partial charge < -0.3 is 10.1 Å². The van der Waals surface area contributed by atoms with E-state index in [0.29, 0.717) is 35.2 Å². The molecule has 0 saturated heterocycles. The maximum absolute atomic E-state index is 10.8. The van der Waals surface area contributed by atoms with Crippen LogP contribution in [0.2, 0.25) is 0 Å². The maximum atomic E-state index is 10.8. The van der Waals surface area contributed by atoms with Gasteiger partial charge in [-0.25, -0.2) is 0 Å². The summed E-state index contributed by atoms with van der Waals surface area (Å²) in [5.74, 6) is 1.95. The van der Waals surface area contributed by atoms with Gasteiger partial charge in [0.05, 0.1) is 0 Å². The summed E-state index contributed by atoms with van der Waals surface area (Å²) in [5, 5.41) is 12.3. The van der Waals surface area contributed by atoms with Crippen molar-refractivity contribution in [1.29, 1.82) is 0 Å². The predicted octanol–water partition coefficient (Wildman–Crippen LogP) is 8.98. The number of rotatable bonds is 1. The van der Waals surface area contributed by atoms with Crippen molar-refractivity contribution in [3.05, 3.63) is 47.2 Å². The molecule has 0 radical (unpaired) electrons. The lowest BCUT2D eigenvalue weighted by atomic mass is 9.33. The van der Waals surface area contributed by atoms with E-state index in [1.807, 2.05) is 0 Å². The average molecular weight is 514 g/mol. The Hall–Kier alpha value is -1.54. The number of aromatic nitrogens is 1. The highest BCUT2D eigenvalue weighted by molar-refractivity contribution is 5.85. The number of aromatic amines is 1. The molecule has 0 aliphatic heterocycles. The molecule has 206 valence electrons. The first-order valence-electron chi connectivity index (χ1n) is 15.7. The second-order valence-electron chi connectivity index (χ2n) is 16.7. The van der Waals surface area contributed by atoms with Gasteiger partial charge >= 0.3 is 0 Å². The lowest BCUT2D eigenvalue weighted by Gasteiger charge is -2.71. The van der Waals surface area contributed by atoms with E-state index in [-0.39, 0.29) is 21.7 Å². The van der Waals surface area contributed by atoms with E-state index in [4.69, 9.17) is 0 Å². The molecule has 2 nitrogen and oxygen atoms in total. The van der Waals surface area contributed by atoms with Gasteiger partial charge in [0.2, 0.25) is 0 Å². The number of aliphatic hydroxyl groups excluding tert-OH is 1. The van der Waals surface area contributed by atoms with Crippen molar-refractivity contribution < 1.29 is 5.11 Å². The molecule has 1 aromatic heterocycles.